The number of carbonyl (C=O) groups is 1. The summed E-state index contributed by atoms with van der Waals surface area (Å²) < 4.78 is 28.7. The second-order valence-corrected chi connectivity index (χ2v) is 5.33. The zero-order valence-electron chi connectivity index (χ0n) is 11.9. The van der Waals surface area contributed by atoms with Gasteiger partial charge in [0.2, 0.25) is 0 Å². The van der Waals surface area contributed by atoms with Crippen molar-refractivity contribution in [3.63, 3.8) is 0 Å². The van der Waals surface area contributed by atoms with Crippen LogP contribution in [0.4, 0.5) is 14.5 Å². The van der Waals surface area contributed by atoms with Crippen LogP contribution in [0.25, 0.3) is 10.9 Å². The van der Waals surface area contributed by atoms with Gasteiger partial charge >= 0.3 is 11.8 Å². The van der Waals surface area contributed by atoms with E-state index in [4.69, 9.17) is 11.6 Å². The van der Waals surface area contributed by atoms with Gasteiger partial charge in [-0.1, -0.05) is 17.7 Å². The van der Waals surface area contributed by atoms with Crippen LogP contribution in [-0.4, -0.2) is 21.1 Å². The van der Waals surface area contributed by atoms with Crippen molar-refractivity contribution in [3.8, 4) is 0 Å². The van der Waals surface area contributed by atoms with Crippen LogP contribution in [0, 0.1) is 6.92 Å². The van der Waals surface area contributed by atoms with E-state index in [9.17, 15) is 13.6 Å². The number of fused-ring (bicyclic) bond motifs is 1. The zero-order chi connectivity index (χ0) is 16.6. The summed E-state index contributed by atoms with van der Waals surface area (Å²) in [5, 5.41) is 9.33. The average molecular weight is 337 g/mol. The fourth-order valence-electron chi connectivity index (χ4n) is 2.20. The van der Waals surface area contributed by atoms with Crippen LogP contribution >= 0.6 is 11.6 Å². The Morgan fingerprint density at radius 1 is 1.35 bits per heavy atom. The van der Waals surface area contributed by atoms with E-state index in [1.807, 2.05) is 0 Å². The van der Waals surface area contributed by atoms with E-state index in [1.54, 1.807) is 6.07 Å². The molecule has 0 saturated carbocycles. The Kier molecular flexibility index (Phi) is 3.73. The van der Waals surface area contributed by atoms with E-state index in [2.05, 4.69) is 20.5 Å². The molecule has 1 amide bonds. The van der Waals surface area contributed by atoms with Gasteiger partial charge in [-0.2, -0.15) is 13.9 Å². The Hall–Kier alpha value is -2.54. The summed E-state index contributed by atoms with van der Waals surface area (Å²) in [6.07, 6.45) is 2.67. The maximum atomic E-state index is 14.3. The van der Waals surface area contributed by atoms with Crippen LogP contribution < -0.4 is 5.32 Å². The van der Waals surface area contributed by atoms with Gasteiger partial charge in [0.15, 0.2) is 0 Å². The van der Waals surface area contributed by atoms with Crippen LogP contribution in [0.5, 0.6) is 0 Å². The number of H-pyrrole nitrogens is 1. The predicted octanol–water partition coefficient (Wildman–Crippen LogP) is 3.65. The molecule has 3 aromatic rings. The highest BCUT2D eigenvalue weighted by Crippen LogP contribution is 2.34. The Bertz CT molecular complexity index is 894. The molecule has 2 aromatic heterocycles. The average Bonchev–Trinajstić information content (AvgIpc) is 2.99. The SMILES string of the molecule is Cc1cccnc1C(F)(F)C(=O)Nc1ccc2[nH]ncc2c1Cl. The van der Waals surface area contributed by atoms with Gasteiger partial charge in [0.25, 0.3) is 0 Å². The van der Waals surface area contributed by atoms with E-state index in [-0.39, 0.29) is 16.3 Å². The topological polar surface area (TPSA) is 70.7 Å². The Balaban J connectivity index is 1.93. The fraction of sp³-hybridized carbons (Fsp3) is 0.133. The Labute approximate surface area is 134 Å². The van der Waals surface area contributed by atoms with Crippen molar-refractivity contribution < 1.29 is 13.6 Å². The first-order valence-electron chi connectivity index (χ1n) is 6.64. The second kappa shape index (κ2) is 5.58. The number of aromatic amines is 1. The summed E-state index contributed by atoms with van der Waals surface area (Å²) >= 11 is 6.12. The summed E-state index contributed by atoms with van der Waals surface area (Å²) in [5.74, 6) is -5.27. The predicted molar refractivity (Wildman–Crippen MR) is 82.6 cm³/mol. The number of hydrogen-bond donors (Lipinski definition) is 2. The van der Waals surface area contributed by atoms with Gasteiger partial charge in [0.05, 0.1) is 22.4 Å². The minimum Gasteiger partial charge on any atom is -0.319 e. The number of hydrogen-bond acceptors (Lipinski definition) is 3. The molecule has 0 spiro atoms. The molecule has 118 valence electrons. The molecule has 0 fully saturated rings. The van der Waals surface area contributed by atoms with E-state index >= 15 is 0 Å². The van der Waals surface area contributed by atoms with Crippen LogP contribution in [0.15, 0.2) is 36.7 Å². The molecule has 5 nitrogen and oxygen atoms in total. The highest BCUT2D eigenvalue weighted by molar-refractivity contribution is 6.38. The lowest BCUT2D eigenvalue weighted by Gasteiger charge is -2.17. The second-order valence-electron chi connectivity index (χ2n) is 4.96. The number of aryl methyl sites for hydroxylation is 1. The van der Waals surface area contributed by atoms with E-state index in [0.717, 1.165) is 0 Å². The van der Waals surface area contributed by atoms with Crippen molar-refractivity contribution in [2.24, 2.45) is 0 Å². The Morgan fingerprint density at radius 2 is 2.13 bits per heavy atom. The number of pyridine rings is 1. The van der Waals surface area contributed by atoms with Crippen LogP contribution in [0.2, 0.25) is 5.02 Å². The third-order valence-corrected chi connectivity index (χ3v) is 3.81. The summed E-state index contributed by atoms with van der Waals surface area (Å²) in [4.78, 5) is 15.6. The number of nitrogens with one attached hydrogen (secondary N) is 2. The van der Waals surface area contributed by atoms with Gasteiger partial charge in [-0.25, -0.2) is 0 Å². The monoisotopic (exact) mass is 336 g/mol. The molecular formula is C15H11ClF2N4O. The first-order chi connectivity index (χ1) is 10.9. The molecule has 3 rings (SSSR count). The molecule has 1 aromatic carbocycles. The number of anilines is 1. The van der Waals surface area contributed by atoms with Crippen molar-refractivity contribution in [1.82, 2.24) is 15.2 Å². The van der Waals surface area contributed by atoms with Crippen LogP contribution in [-0.2, 0) is 10.7 Å². The van der Waals surface area contributed by atoms with E-state index in [1.165, 1.54) is 37.5 Å². The molecule has 0 aliphatic carbocycles. The lowest BCUT2D eigenvalue weighted by atomic mass is 10.1. The number of amides is 1. The highest BCUT2D eigenvalue weighted by atomic mass is 35.5. The lowest BCUT2D eigenvalue weighted by Crippen LogP contribution is -2.33. The minimum absolute atomic E-state index is 0.0822. The van der Waals surface area contributed by atoms with Crippen molar-refractivity contribution in [1.29, 1.82) is 0 Å². The molecule has 0 bridgehead atoms. The number of carbonyl (C=O) groups excluding carboxylic acids is 1. The molecule has 8 heteroatoms. The first-order valence-corrected chi connectivity index (χ1v) is 7.02. The van der Waals surface area contributed by atoms with Gasteiger partial charge in [-0.05, 0) is 30.7 Å². The molecule has 2 heterocycles. The van der Waals surface area contributed by atoms with Gasteiger partial charge in [0, 0.05) is 11.6 Å². The van der Waals surface area contributed by atoms with E-state index in [0.29, 0.717) is 10.9 Å². The van der Waals surface area contributed by atoms with Gasteiger partial charge in [0.1, 0.15) is 5.69 Å². The number of alkyl halides is 2. The standard InChI is InChI=1S/C15H11ClF2N4O/c1-8-3-2-6-19-13(8)15(17,18)14(23)21-11-5-4-10-9(12(11)16)7-20-22-10/h2-7H,1H3,(H,20,22)(H,21,23). The van der Waals surface area contributed by atoms with Crippen molar-refractivity contribution in [2.45, 2.75) is 12.8 Å². The molecule has 0 unspecified atom stereocenters. The van der Waals surface area contributed by atoms with Crippen LogP contribution in [0.1, 0.15) is 11.3 Å². The molecule has 0 aliphatic heterocycles. The molecule has 0 atom stereocenters. The van der Waals surface area contributed by atoms with Crippen LogP contribution in [0.3, 0.4) is 0 Å². The van der Waals surface area contributed by atoms with Crippen molar-refractivity contribution in [3.05, 3.63) is 52.9 Å². The van der Waals surface area contributed by atoms with Crippen molar-refractivity contribution in [2.75, 3.05) is 5.32 Å². The maximum absolute atomic E-state index is 14.3. The lowest BCUT2D eigenvalue weighted by molar-refractivity contribution is -0.141. The summed E-state index contributed by atoms with van der Waals surface area (Å²) in [6.45, 7) is 1.47. The molecule has 2 N–H and O–H groups in total. The number of benzene rings is 1. The first kappa shape index (κ1) is 15.4. The number of nitrogens with zero attached hydrogens (tertiary/aromatic N) is 2. The summed E-state index contributed by atoms with van der Waals surface area (Å²) in [6, 6.07) is 6.01. The maximum Gasteiger partial charge on any atom is 0.366 e. The van der Waals surface area contributed by atoms with E-state index < -0.39 is 17.5 Å². The number of aromatic nitrogens is 3. The van der Waals surface area contributed by atoms with Gasteiger partial charge in [-0.15, -0.1) is 0 Å². The fourth-order valence-corrected chi connectivity index (χ4v) is 2.46. The third-order valence-electron chi connectivity index (χ3n) is 3.40. The minimum atomic E-state index is -3.78. The molecule has 0 aliphatic rings. The smallest absolute Gasteiger partial charge is 0.319 e. The van der Waals surface area contributed by atoms with Gasteiger partial charge in [-0.3, -0.25) is 14.9 Å². The molecule has 0 radical (unpaired) electrons. The summed E-state index contributed by atoms with van der Waals surface area (Å²) in [5.41, 5.74) is 0.362. The van der Waals surface area contributed by atoms with Gasteiger partial charge < -0.3 is 5.32 Å². The Morgan fingerprint density at radius 3 is 2.87 bits per heavy atom. The zero-order valence-corrected chi connectivity index (χ0v) is 12.7. The molecular weight excluding hydrogens is 326 g/mol. The van der Waals surface area contributed by atoms with Crippen molar-refractivity contribution >= 4 is 34.1 Å². The molecule has 0 saturated heterocycles. The summed E-state index contributed by atoms with van der Waals surface area (Å²) in [7, 11) is 0. The quantitative estimate of drug-likeness (QED) is 0.767. The third kappa shape index (κ3) is 2.63. The molecule has 23 heavy (non-hydrogen) atoms. The largest absolute Gasteiger partial charge is 0.366 e. The number of halogens is 3. The number of rotatable bonds is 3. The highest BCUT2D eigenvalue weighted by Gasteiger charge is 2.43. The normalized spacial score (nSPS) is 11.7.